The number of aliphatic hydroxyl groups is 1. The molecule has 0 aliphatic carbocycles. The zero-order valence-corrected chi connectivity index (χ0v) is 36.0. The Hall–Kier alpha value is 0.0506. The number of rotatable bonds is 15. The molecule has 2 aliphatic heterocycles. The van der Waals surface area contributed by atoms with Gasteiger partial charge in [-0.2, -0.15) is 0 Å². The van der Waals surface area contributed by atoms with Crippen molar-refractivity contribution in [1.82, 2.24) is 0 Å². The van der Waals surface area contributed by atoms with E-state index in [0.717, 1.165) is 25.5 Å². The Morgan fingerprint density at radius 1 is 0.472 bits per heavy atom. The molecule has 2 saturated heterocycles. The second kappa shape index (κ2) is 40.3. The van der Waals surface area contributed by atoms with Crippen molar-refractivity contribution in [2.45, 2.75) is 67.5 Å². The van der Waals surface area contributed by atoms with Crippen molar-refractivity contribution in [3.05, 3.63) is 0 Å². The summed E-state index contributed by atoms with van der Waals surface area (Å²) in [6.07, 6.45) is 2.71. The summed E-state index contributed by atoms with van der Waals surface area (Å²) >= 11 is 0. The summed E-state index contributed by atoms with van der Waals surface area (Å²) in [5, 5.41) is 8.51. The van der Waals surface area contributed by atoms with Gasteiger partial charge in [0.2, 0.25) is 0 Å². The lowest BCUT2D eigenvalue weighted by molar-refractivity contribution is -0.00682. The SMILES string of the molecule is C.C.CCCOCCO[Si](C)(C)OCCOCCOCCO.C[Si]1(C)COCCOCCOCCOC1.C[Si]1(C)OCCOCCOCCOCCO1. The Balaban J connectivity index is -0.000000701. The van der Waals surface area contributed by atoms with E-state index in [1.807, 2.05) is 26.2 Å². The van der Waals surface area contributed by atoms with Gasteiger partial charge in [-0.05, 0) is 32.6 Å². The summed E-state index contributed by atoms with van der Waals surface area (Å²) in [4.78, 5) is 0. The smallest absolute Gasteiger partial charge is 0.331 e. The minimum absolute atomic E-state index is 0. The van der Waals surface area contributed by atoms with E-state index in [0.29, 0.717) is 139 Å². The molecule has 0 unspecified atom stereocenters. The van der Waals surface area contributed by atoms with Gasteiger partial charge in [-0.1, -0.05) is 34.9 Å². The molecule has 0 radical (unpaired) electrons. The van der Waals surface area contributed by atoms with Gasteiger partial charge >= 0.3 is 17.1 Å². The Labute approximate surface area is 326 Å². The molecule has 0 aromatic carbocycles. The molecule has 0 aromatic rings. The fraction of sp³-hybridized carbons (Fsp3) is 1.00. The summed E-state index contributed by atoms with van der Waals surface area (Å²) in [5.41, 5.74) is 0. The molecule has 53 heavy (non-hydrogen) atoms. The van der Waals surface area contributed by atoms with Gasteiger partial charge in [-0.3, -0.25) is 0 Å². The average Bonchev–Trinajstić information content (AvgIpc) is 3.10. The zero-order valence-electron chi connectivity index (χ0n) is 33.0. The van der Waals surface area contributed by atoms with Crippen LogP contribution in [-0.4, -0.2) is 195 Å². The normalized spacial score (nSPS) is 19.7. The van der Waals surface area contributed by atoms with E-state index < -0.39 is 25.2 Å². The van der Waals surface area contributed by atoms with Crippen molar-refractivity contribution >= 4 is 25.2 Å². The van der Waals surface area contributed by atoms with E-state index >= 15 is 0 Å². The largest absolute Gasteiger partial charge is 0.394 e. The van der Waals surface area contributed by atoms with E-state index in [1.165, 1.54) is 0 Å². The monoisotopic (exact) mass is 826 g/mol. The first kappa shape index (κ1) is 57.4. The van der Waals surface area contributed by atoms with Crippen LogP contribution in [0.15, 0.2) is 0 Å². The molecule has 0 saturated carbocycles. The van der Waals surface area contributed by atoms with Crippen LogP contribution in [0.3, 0.4) is 0 Å². The molecule has 15 nitrogen and oxygen atoms in total. The first-order chi connectivity index (χ1) is 24.5. The fourth-order valence-corrected chi connectivity index (χ4v) is 7.88. The van der Waals surface area contributed by atoms with Crippen LogP contribution in [-0.2, 0) is 65.1 Å². The van der Waals surface area contributed by atoms with Crippen molar-refractivity contribution in [1.29, 1.82) is 0 Å². The van der Waals surface area contributed by atoms with E-state index in [-0.39, 0.29) is 21.5 Å². The van der Waals surface area contributed by atoms with Crippen molar-refractivity contribution in [3.8, 4) is 0 Å². The molecule has 0 bridgehead atoms. The van der Waals surface area contributed by atoms with Crippen molar-refractivity contribution in [2.75, 3.05) is 164 Å². The predicted octanol–water partition coefficient (Wildman–Crippen LogP) is 4.08. The van der Waals surface area contributed by atoms with Crippen LogP contribution < -0.4 is 0 Å². The average molecular weight is 827 g/mol. The van der Waals surface area contributed by atoms with Crippen LogP contribution >= 0.6 is 0 Å². The number of hydrogen-bond acceptors (Lipinski definition) is 15. The van der Waals surface area contributed by atoms with Gasteiger partial charge in [-0.25, -0.2) is 0 Å². The third kappa shape index (κ3) is 44.6. The fourth-order valence-electron chi connectivity index (χ4n) is 3.94. The molecule has 0 amide bonds. The molecule has 324 valence electrons. The van der Waals surface area contributed by atoms with E-state index in [9.17, 15) is 0 Å². The highest BCUT2D eigenvalue weighted by Gasteiger charge is 2.25. The molecule has 2 aliphatic rings. The van der Waals surface area contributed by atoms with Gasteiger partial charge in [0, 0.05) is 19.1 Å². The zero-order chi connectivity index (χ0) is 37.8. The highest BCUT2D eigenvalue weighted by Crippen LogP contribution is 2.07. The third-order valence-electron chi connectivity index (χ3n) is 6.51. The van der Waals surface area contributed by atoms with E-state index in [1.54, 1.807) is 0 Å². The van der Waals surface area contributed by atoms with Crippen LogP contribution in [0.1, 0.15) is 28.2 Å². The van der Waals surface area contributed by atoms with Crippen molar-refractivity contribution < 1.29 is 70.2 Å². The second-order valence-electron chi connectivity index (χ2n) is 13.1. The maximum atomic E-state index is 8.51. The minimum atomic E-state index is -2.07. The molecule has 2 heterocycles. The molecule has 1 N–H and O–H groups in total. The first-order valence-corrected chi connectivity index (χ1v) is 27.5. The van der Waals surface area contributed by atoms with Crippen LogP contribution in [0.4, 0.5) is 0 Å². The molecule has 0 aromatic heterocycles. The van der Waals surface area contributed by atoms with Gasteiger partial charge in [-0.15, -0.1) is 0 Å². The summed E-state index contributed by atoms with van der Waals surface area (Å²) < 4.78 is 76.4. The minimum Gasteiger partial charge on any atom is -0.394 e. The van der Waals surface area contributed by atoms with Crippen LogP contribution in [0.2, 0.25) is 39.3 Å². The number of hydrogen-bond donors (Lipinski definition) is 1. The lowest BCUT2D eigenvalue weighted by Crippen LogP contribution is -2.39. The Kier molecular flexibility index (Phi) is 43.6. The van der Waals surface area contributed by atoms with Crippen molar-refractivity contribution in [2.24, 2.45) is 0 Å². The molecular weight excluding hydrogens is 745 g/mol. The standard InChI is InChI=1S/C13H30O6Si.C10H22O5Si.C10H22O4Si.2CH4/c1-4-6-15-10-12-18-20(2,3)19-13-11-17-9-8-16-7-5-14;1-16(2)14-9-7-12-5-3-11-4-6-13-8-10-15-16;1-15(2)9-13-7-5-11-3-4-12-6-8-14-10-15;;/h14H,4-13H2,1-3H3;3-10H2,1-2H3;3-10H2,1-2H3;2*1H4. The highest BCUT2D eigenvalue weighted by atomic mass is 28.4. The quantitative estimate of drug-likeness (QED) is 0.187. The third-order valence-corrected chi connectivity index (χ3v) is 12.1. The maximum absolute atomic E-state index is 8.51. The summed E-state index contributed by atoms with van der Waals surface area (Å²) in [6.45, 7) is 27.9. The van der Waals surface area contributed by atoms with Gasteiger partial charge < -0.3 is 70.2 Å². The van der Waals surface area contributed by atoms with Crippen LogP contribution in [0.5, 0.6) is 0 Å². The van der Waals surface area contributed by atoms with Gasteiger partial charge in [0.15, 0.2) is 0 Å². The molecular formula is C35H82O15Si3. The molecule has 0 atom stereocenters. The van der Waals surface area contributed by atoms with Gasteiger partial charge in [0.25, 0.3) is 0 Å². The Morgan fingerprint density at radius 3 is 1.17 bits per heavy atom. The first-order valence-electron chi connectivity index (χ1n) is 18.5. The lowest BCUT2D eigenvalue weighted by atomic mass is 10.5. The summed E-state index contributed by atoms with van der Waals surface area (Å²) in [7, 11) is -5.39. The van der Waals surface area contributed by atoms with E-state index in [2.05, 4.69) is 20.0 Å². The molecule has 18 heteroatoms. The molecule has 2 fully saturated rings. The molecule has 2 rings (SSSR count). The topological polar surface area (TPSA) is 149 Å². The highest BCUT2D eigenvalue weighted by molar-refractivity contribution is 6.77. The maximum Gasteiger partial charge on any atom is 0.331 e. The Morgan fingerprint density at radius 2 is 0.792 bits per heavy atom. The number of ether oxygens (including phenoxy) is 10. The summed E-state index contributed by atoms with van der Waals surface area (Å²) in [5.74, 6) is 0. The summed E-state index contributed by atoms with van der Waals surface area (Å²) in [6, 6.07) is 0. The second-order valence-corrected chi connectivity index (χ2v) is 24.7. The van der Waals surface area contributed by atoms with Crippen LogP contribution in [0.25, 0.3) is 0 Å². The van der Waals surface area contributed by atoms with E-state index in [4.69, 9.17) is 70.2 Å². The lowest BCUT2D eigenvalue weighted by Gasteiger charge is -2.23. The molecule has 0 spiro atoms. The number of aliphatic hydroxyl groups excluding tert-OH is 1. The van der Waals surface area contributed by atoms with Crippen LogP contribution in [0, 0.1) is 0 Å². The van der Waals surface area contributed by atoms with Crippen molar-refractivity contribution in [3.63, 3.8) is 0 Å². The van der Waals surface area contributed by atoms with Gasteiger partial charge in [0.05, 0.1) is 145 Å². The van der Waals surface area contributed by atoms with Gasteiger partial charge in [0.1, 0.15) is 8.07 Å². The Bertz CT molecular complexity index is 696. The predicted molar refractivity (Wildman–Crippen MR) is 215 cm³/mol.